The summed E-state index contributed by atoms with van der Waals surface area (Å²) in [5, 5.41) is 6.19. The fourth-order valence-corrected chi connectivity index (χ4v) is 2.38. The van der Waals surface area contributed by atoms with Crippen LogP contribution in [0.1, 0.15) is 26.0 Å². The van der Waals surface area contributed by atoms with Gasteiger partial charge in [-0.1, -0.05) is 19.0 Å². The van der Waals surface area contributed by atoms with Crippen LogP contribution in [0.3, 0.4) is 0 Å². The van der Waals surface area contributed by atoms with Gasteiger partial charge in [0.2, 0.25) is 5.91 Å². The largest absolute Gasteiger partial charge is 0.360 e. The van der Waals surface area contributed by atoms with Gasteiger partial charge in [-0.2, -0.15) is 17.4 Å². The first kappa shape index (κ1) is 17.6. The molecule has 0 unspecified atom stereocenters. The smallest absolute Gasteiger partial charge is 0.279 e. The molecule has 0 aliphatic heterocycles. The van der Waals surface area contributed by atoms with Gasteiger partial charge >= 0.3 is 0 Å². The lowest BCUT2D eigenvalue weighted by molar-refractivity contribution is -0.118. The van der Waals surface area contributed by atoms with Crippen molar-refractivity contribution in [3.05, 3.63) is 11.8 Å². The van der Waals surface area contributed by atoms with Crippen LogP contribution in [0.25, 0.3) is 0 Å². The molecule has 0 saturated carbocycles. The van der Waals surface area contributed by atoms with E-state index >= 15 is 0 Å². The Kier molecular flexibility index (Phi) is 5.87. The van der Waals surface area contributed by atoms with Crippen LogP contribution in [0.2, 0.25) is 0 Å². The highest BCUT2D eigenvalue weighted by molar-refractivity contribution is 7.87. The van der Waals surface area contributed by atoms with Gasteiger partial charge in [-0.05, 0) is 19.3 Å². The van der Waals surface area contributed by atoms with Crippen molar-refractivity contribution < 1.29 is 17.7 Å². The van der Waals surface area contributed by atoms with Crippen molar-refractivity contribution in [1.82, 2.24) is 14.2 Å². The molecular weight excluding hydrogens is 296 g/mol. The average Bonchev–Trinajstić information content (AvgIpc) is 2.72. The number of nitrogens with zero attached hydrogens (tertiary/aromatic N) is 2. The molecule has 1 aromatic rings. The molecule has 21 heavy (non-hydrogen) atoms. The molecule has 0 bridgehead atoms. The fourth-order valence-electron chi connectivity index (χ4n) is 1.60. The Morgan fingerprint density at radius 1 is 1.43 bits per heavy atom. The molecule has 1 amide bonds. The minimum Gasteiger partial charge on any atom is -0.360 e. The van der Waals surface area contributed by atoms with E-state index in [-0.39, 0.29) is 11.7 Å². The van der Waals surface area contributed by atoms with Gasteiger partial charge in [-0.15, -0.1) is 0 Å². The predicted octanol–water partition coefficient (Wildman–Crippen LogP) is 0.732. The molecule has 0 fully saturated rings. The number of anilines is 1. The van der Waals surface area contributed by atoms with E-state index in [0.717, 1.165) is 4.31 Å². The van der Waals surface area contributed by atoms with Crippen LogP contribution >= 0.6 is 0 Å². The van der Waals surface area contributed by atoms with Crippen LogP contribution in [0.5, 0.6) is 0 Å². The number of aryl methyl sites for hydroxylation is 1. The number of hydrogen-bond donors (Lipinski definition) is 2. The Labute approximate surface area is 125 Å². The summed E-state index contributed by atoms with van der Waals surface area (Å²) in [5.74, 6) is 0.488. The van der Waals surface area contributed by atoms with Crippen molar-refractivity contribution in [2.45, 2.75) is 33.2 Å². The Morgan fingerprint density at radius 2 is 2.05 bits per heavy atom. The van der Waals surface area contributed by atoms with Crippen molar-refractivity contribution in [3.63, 3.8) is 0 Å². The zero-order chi connectivity index (χ0) is 16.2. The summed E-state index contributed by atoms with van der Waals surface area (Å²) >= 11 is 0. The maximum atomic E-state index is 12.2. The highest BCUT2D eigenvalue weighted by Crippen LogP contribution is 2.11. The maximum absolute atomic E-state index is 12.2. The molecule has 0 spiro atoms. The number of rotatable bonds is 7. The standard InChI is InChI=1S/C12H22N4O4S/c1-8(2)6-10(15-21(18,19)16(4)5)12(17)13-11-7-9(3)20-14-11/h7-8,10,15H,6H2,1-5H3,(H,13,14,17)/t10-/m1/s1. The van der Waals surface area contributed by atoms with Crippen LogP contribution < -0.4 is 10.0 Å². The van der Waals surface area contributed by atoms with Gasteiger partial charge in [-0.3, -0.25) is 4.79 Å². The zero-order valence-electron chi connectivity index (χ0n) is 12.9. The molecule has 9 heteroatoms. The number of nitrogens with one attached hydrogen (secondary N) is 2. The van der Waals surface area contributed by atoms with Gasteiger partial charge in [0.15, 0.2) is 5.82 Å². The molecular formula is C12H22N4O4S. The Hall–Kier alpha value is -1.45. The van der Waals surface area contributed by atoms with E-state index < -0.39 is 22.2 Å². The first-order valence-corrected chi connectivity index (χ1v) is 7.99. The number of hydrogen-bond acceptors (Lipinski definition) is 5. The van der Waals surface area contributed by atoms with E-state index in [1.54, 1.807) is 13.0 Å². The lowest BCUT2D eigenvalue weighted by Gasteiger charge is -2.21. The summed E-state index contributed by atoms with van der Waals surface area (Å²) in [7, 11) is -0.903. The molecule has 1 aromatic heterocycles. The molecule has 1 atom stereocenters. The molecule has 0 aliphatic rings. The number of carbonyl (C=O) groups is 1. The highest BCUT2D eigenvalue weighted by Gasteiger charge is 2.27. The second kappa shape index (κ2) is 7.01. The van der Waals surface area contributed by atoms with E-state index in [0.29, 0.717) is 12.2 Å². The fraction of sp³-hybridized carbons (Fsp3) is 0.667. The first-order chi connectivity index (χ1) is 9.61. The average molecular weight is 318 g/mol. The normalized spacial score (nSPS) is 13.7. The summed E-state index contributed by atoms with van der Waals surface area (Å²) in [5.41, 5.74) is 0. The van der Waals surface area contributed by atoms with Crippen LogP contribution in [0.4, 0.5) is 5.82 Å². The summed E-state index contributed by atoms with van der Waals surface area (Å²) in [4.78, 5) is 12.2. The number of aromatic nitrogens is 1. The molecule has 0 aromatic carbocycles. The van der Waals surface area contributed by atoms with E-state index in [1.807, 2.05) is 13.8 Å². The lowest BCUT2D eigenvalue weighted by atomic mass is 10.0. The lowest BCUT2D eigenvalue weighted by Crippen LogP contribution is -2.48. The number of carbonyl (C=O) groups excluding carboxylic acids is 1. The first-order valence-electron chi connectivity index (χ1n) is 6.55. The Balaban J connectivity index is 2.84. The molecule has 2 N–H and O–H groups in total. The molecule has 1 heterocycles. The Morgan fingerprint density at radius 3 is 2.48 bits per heavy atom. The number of amides is 1. The highest BCUT2D eigenvalue weighted by atomic mass is 32.2. The Bertz CT molecular complexity index is 580. The van der Waals surface area contributed by atoms with Gasteiger partial charge < -0.3 is 9.84 Å². The second-order valence-corrected chi connectivity index (χ2v) is 7.32. The monoisotopic (exact) mass is 318 g/mol. The molecule has 0 aliphatic carbocycles. The van der Waals surface area contributed by atoms with Crippen LogP contribution in [0, 0.1) is 12.8 Å². The van der Waals surface area contributed by atoms with Crippen LogP contribution in [0.15, 0.2) is 10.6 Å². The second-order valence-electron chi connectivity index (χ2n) is 5.40. The third-order valence-corrected chi connectivity index (χ3v) is 4.22. The van der Waals surface area contributed by atoms with E-state index in [4.69, 9.17) is 4.52 Å². The summed E-state index contributed by atoms with van der Waals surface area (Å²) in [6.45, 7) is 5.51. The van der Waals surface area contributed by atoms with Crippen LogP contribution in [-0.4, -0.2) is 43.9 Å². The van der Waals surface area contributed by atoms with Crippen molar-refractivity contribution >= 4 is 21.9 Å². The zero-order valence-corrected chi connectivity index (χ0v) is 13.7. The summed E-state index contributed by atoms with van der Waals surface area (Å²) in [6, 6.07) is 0.680. The summed E-state index contributed by atoms with van der Waals surface area (Å²) in [6.07, 6.45) is 0.371. The topological polar surface area (TPSA) is 105 Å². The van der Waals surface area contributed by atoms with Crippen LogP contribution in [-0.2, 0) is 15.0 Å². The quantitative estimate of drug-likeness (QED) is 0.771. The van der Waals surface area contributed by atoms with Crippen molar-refractivity contribution in [2.24, 2.45) is 5.92 Å². The van der Waals surface area contributed by atoms with Gasteiger partial charge in [0.05, 0.1) is 0 Å². The minimum atomic E-state index is -3.70. The van der Waals surface area contributed by atoms with E-state index in [2.05, 4.69) is 15.2 Å². The predicted molar refractivity (Wildman–Crippen MR) is 78.9 cm³/mol. The van der Waals surface area contributed by atoms with E-state index in [9.17, 15) is 13.2 Å². The third kappa shape index (κ3) is 5.44. The van der Waals surface area contributed by atoms with Gasteiger partial charge in [0.1, 0.15) is 11.8 Å². The van der Waals surface area contributed by atoms with Gasteiger partial charge in [-0.25, -0.2) is 0 Å². The van der Waals surface area contributed by atoms with Crippen molar-refractivity contribution in [2.75, 3.05) is 19.4 Å². The molecule has 1 rings (SSSR count). The van der Waals surface area contributed by atoms with Gasteiger partial charge in [0, 0.05) is 20.2 Å². The van der Waals surface area contributed by atoms with Crippen molar-refractivity contribution in [1.29, 1.82) is 0 Å². The summed E-state index contributed by atoms with van der Waals surface area (Å²) < 4.78 is 32.0. The molecule has 0 radical (unpaired) electrons. The maximum Gasteiger partial charge on any atom is 0.279 e. The SMILES string of the molecule is Cc1cc(NC(=O)[C@@H](CC(C)C)NS(=O)(=O)N(C)C)no1. The molecule has 0 saturated heterocycles. The van der Waals surface area contributed by atoms with Gasteiger partial charge in [0.25, 0.3) is 10.2 Å². The minimum absolute atomic E-state index is 0.143. The molecule has 8 nitrogen and oxygen atoms in total. The third-order valence-electron chi connectivity index (χ3n) is 2.67. The van der Waals surface area contributed by atoms with Crippen molar-refractivity contribution in [3.8, 4) is 0 Å². The molecule has 120 valence electrons. The van der Waals surface area contributed by atoms with E-state index in [1.165, 1.54) is 14.1 Å².